The first-order valence-electron chi connectivity index (χ1n) is 5.75. The molecule has 0 spiro atoms. The monoisotopic (exact) mass is 289 g/mol. The highest BCUT2D eigenvalue weighted by Crippen LogP contribution is 2.23. The first-order valence-corrected chi connectivity index (χ1v) is 6.82. The molecule has 100 valence electrons. The average molecular weight is 290 g/mol. The Morgan fingerprint density at radius 1 is 1.17 bits per heavy atom. The third-order valence-corrected chi connectivity index (χ3v) is 2.90. The van der Waals surface area contributed by atoms with Crippen LogP contribution in [0.2, 0.25) is 0 Å². The Morgan fingerprint density at radius 2 is 1.67 bits per heavy atom. The highest BCUT2D eigenvalue weighted by molar-refractivity contribution is 6.18. The number of amides is 1. The zero-order valence-electron chi connectivity index (χ0n) is 10.6. The molecule has 1 aromatic carbocycles. The Kier molecular flexibility index (Phi) is 6.30. The molecule has 0 bridgehead atoms. The number of halogens is 2. The fourth-order valence-electron chi connectivity index (χ4n) is 1.61. The molecule has 0 aliphatic heterocycles. The highest BCUT2D eigenvalue weighted by atomic mass is 35.5. The molecule has 3 nitrogen and oxygen atoms in total. The van der Waals surface area contributed by atoms with Gasteiger partial charge in [-0.25, -0.2) is 4.79 Å². The minimum absolute atomic E-state index is 0.360. The van der Waals surface area contributed by atoms with Gasteiger partial charge in [0.15, 0.2) is 0 Å². The fourth-order valence-corrected chi connectivity index (χ4v) is 2.02. The van der Waals surface area contributed by atoms with E-state index in [4.69, 9.17) is 27.9 Å². The number of benzene rings is 1. The second kappa shape index (κ2) is 7.49. The molecule has 18 heavy (non-hydrogen) atoms. The summed E-state index contributed by atoms with van der Waals surface area (Å²) in [5, 5.41) is 0. The van der Waals surface area contributed by atoms with Gasteiger partial charge in [-0.15, -0.1) is 23.2 Å². The Hall–Kier alpha value is -0.930. The van der Waals surface area contributed by atoms with Gasteiger partial charge < -0.3 is 9.64 Å². The van der Waals surface area contributed by atoms with Crippen molar-refractivity contribution in [2.24, 2.45) is 0 Å². The number of ether oxygens (including phenoxy) is 1. The summed E-state index contributed by atoms with van der Waals surface area (Å²) in [5.74, 6) is 1.33. The van der Waals surface area contributed by atoms with Crippen LogP contribution in [0.5, 0.6) is 5.75 Å². The van der Waals surface area contributed by atoms with E-state index in [-0.39, 0.29) is 0 Å². The summed E-state index contributed by atoms with van der Waals surface area (Å²) in [6, 6.07) is 5.74. The molecule has 1 rings (SSSR count). The van der Waals surface area contributed by atoms with Gasteiger partial charge in [0.05, 0.1) is 0 Å². The third-order valence-electron chi connectivity index (χ3n) is 2.57. The van der Waals surface area contributed by atoms with E-state index in [2.05, 4.69) is 0 Å². The van der Waals surface area contributed by atoms with Crippen LogP contribution >= 0.6 is 23.2 Å². The molecule has 0 heterocycles. The van der Waals surface area contributed by atoms with Crippen LogP contribution in [0.1, 0.15) is 11.1 Å². The van der Waals surface area contributed by atoms with E-state index in [0.29, 0.717) is 30.6 Å². The molecule has 0 aliphatic rings. The van der Waals surface area contributed by atoms with Crippen LogP contribution in [0.3, 0.4) is 0 Å². The Morgan fingerprint density at radius 3 is 2.11 bits per heavy atom. The second-order valence-corrected chi connectivity index (χ2v) is 4.71. The van der Waals surface area contributed by atoms with Crippen LogP contribution in [0.4, 0.5) is 4.79 Å². The summed E-state index contributed by atoms with van der Waals surface area (Å²) >= 11 is 11.3. The molecule has 1 aromatic rings. The number of para-hydroxylation sites is 1. The van der Waals surface area contributed by atoms with Gasteiger partial charge in [0.1, 0.15) is 5.75 Å². The van der Waals surface area contributed by atoms with Crippen molar-refractivity contribution >= 4 is 29.3 Å². The van der Waals surface area contributed by atoms with Crippen LogP contribution in [0.15, 0.2) is 18.2 Å². The number of carbonyl (C=O) groups excluding carboxylic acids is 1. The Labute approximate surface area is 118 Å². The fraction of sp³-hybridized carbons (Fsp3) is 0.462. The zero-order valence-corrected chi connectivity index (χ0v) is 12.1. The van der Waals surface area contributed by atoms with Gasteiger partial charge in [-0.2, -0.15) is 0 Å². The van der Waals surface area contributed by atoms with E-state index >= 15 is 0 Å². The van der Waals surface area contributed by atoms with E-state index in [1.165, 1.54) is 4.90 Å². The van der Waals surface area contributed by atoms with Gasteiger partial charge in [0.25, 0.3) is 0 Å². The normalized spacial score (nSPS) is 10.2. The molecule has 0 saturated carbocycles. The van der Waals surface area contributed by atoms with Gasteiger partial charge in [0, 0.05) is 24.8 Å². The largest absolute Gasteiger partial charge is 0.415 e. The first kappa shape index (κ1) is 15.1. The summed E-state index contributed by atoms with van der Waals surface area (Å²) in [4.78, 5) is 13.5. The molecule has 0 unspecified atom stereocenters. The maximum Gasteiger partial charge on any atom is 0.415 e. The van der Waals surface area contributed by atoms with Crippen molar-refractivity contribution in [1.29, 1.82) is 0 Å². The quantitative estimate of drug-likeness (QED) is 0.776. The molecule has 1 amide bonds. The second-order valence-electron chi connectivity index (χ2n) is 3.95. The predicted octanol–water partition coefficient (Wildman–Crippen LogP) is 3.58. The van der Waals surface area contributed by atoms with Crippen molar-refractivity contribution in [2.75, 3.05) is 24.8 Å². The lowest BCUT2D eigenvalue weighted by molar-refractivity contribution is 0.157. The lowest BCUT2D eigenvalue weighted by atomic mass is 10.1. The summed E-state index contributed by atoms with van der Waals surface area (Å²) < 4.78 is 5.41. The molecule has 0 atom stereocenters. The van der Waals surface area contributed by atoms with Gasteiger partial charge >= 0.3 is 6.09 Å². The number of rotatable bonds is 5. The van der Waals surface area contributed by atoms with Crippen LogP contribution in [0.25, 0.3) is 0 Å². The first-order chi connectivity index (χ1) is 8.60. The molecular formula is C13H17Cl2NO2. The highest BCUT2D eigenvalue weighted by Gasteiger charge is 2.16. The van der Waals surface area contributed by atoms with Crippen LogP contribution < -0.4 is 4.74 Å². The summed E-state index contributed by atoms with van der Waals surface area (Å²) in [7, 11) is 0. The molecule has 0 saturated heterocycles. The van der Waals surface area contributed by atoms with Crippen LogP contribution in [0, 0.1) is 13.8 Å². The van der Waals surface area contributed by atoms with E-state index < -0.39 is 6.09 Å². The van der Waals surface area contributed by atoms with E-state index in [9.17, 15) is 4.79 Å². The molecule has 0 fully saturated rings. The minimum atomic E-state index is -0.409. The number of aryl methyl sites for hydroxylation is 2. The topological polar surface area (TPSA) is 29.5 Å². The number of hydrogen-bond acceptors (Lipinski definition) is 2. The van der Waals surface area contributed by atoms with Crippen LogP contribution in [-0.2, 0) is 0 Å². The summed E-state index contributed by atoms with van der Waals surface area (Å²) in [5.41, 5.74) is 1.86. The molecule has 0 N–H and O–H groups in total. The molecule has 5 heteroatoms. The summed E-state index contributed by atoms with van der Waals surface area (Å²) in [6.07, 6.45) is -0.409. The number of alkyl halides is 2. The van der Waals surface area contributed by atoms with Crippen molar-refractivity contribution in [3.05, 3.63) is 29.3 Å². The van der Waals surface area contributed by atoms with Gasteiger partial charge in [0.2, 0.25) is 0 Å². The van der Waals surface area contributed by atoms with E-state index in [1.807, 2.05) is 32.0 Å². The molecular weight excluding hydrogens is 273 g/mol. The lowest BCUT2D eigenvalue weighted by Crippen LogP contribution is -2.36. The molecule has 0 aliphatic carbocycles. The van der Waals surface area contributed by atoms with Gasteiger partial charge in [-0.3, -0.25) is 0 Å². The molecule has 0 aromatic heterocycles. The standard InChI is InChI=1S/C13H17Cl2NO2/c1-10-4-3-5-11(2)12(10)18-13(17)16(8-6-14)9-7-15/h3-5H,6-9H2,1-2H3. The van der Waals surface area contributed by atoms with Crippen molar-refractivity contribution in [2.45, 2.75) is 13.8 Å². The smallest absolute Gasteiger partial charge is 0.410 e. The van der Waals surface area contributed by atoms with Crippen molar-refractivity contribution in [3.8, 4) is 5.75 Å². The summed E-state index contributed by atoms with van der Waals surface area (Å²) in [6.45, 7) is 4.67. The zero-order chi connectivity index (χ0) is 13.5. The maximum absolute atomic E-state index is 12.0. The predicted molar refractivity (Wildman–Crippen MR) is 75.0 cm³/mol. The minimum Gasteiger partial charge on any atom is -0.410 e. The number of nitrogens with zero attached hydrogens (tertiary/aromatic N) is 1. The third kappa shape index (κ3) is 4.07. The Balaban J connectivity index is 2.79. The van der Waals surface area contributed by atoms with E-state index in [0.717, 1.165) is 11.1 Å². The van der Waals surface area contributed by atoms with Crippen molar-refractivity contribution in [1.82, 2.24) is 4.90 Å². The average Bonchev–Trinajstić information content (AvgIpc) is 2.33. The van der Waals surface area contributed by atoms with Crippen molar-refractivity contribution < 1.29 is 9.53 Å². The number of hydrogen-bond donors (Lipinski definition) is 0. The van der Waals surface area contributed by atoms with E-state index in [1.54, 1.807) is 0 Å². The maximum atomic E-state index is 12.0. The molecule has 0 radical (unpaired) electrons. The lowest BCUT2D eigenvalue weighted by Gasteiger charge is -2.21. The Bertz CT molecular complexity index is 384. The number of carbonyl (C=O) groups is 1. The van der Waals surface area contributed by atoms with Gasteiger partial charge in [-0.05, 0) is 25.0 Å². The SMILES string of the molecule is Cc1cccc(C)c1OC(=O)N(CCCl)CCCl. The van der Waals surface area contributed by atoms with Crippen molar-refractivity contribution in [3.63, 3.8) is 0 Å². The van der Waals surface area contributed by atoms with Crippen LogP contribution in [-0.4, -0.2) is 35.8 Å². The van der Waals surface area contributed by atoms with Gasteiger partial charge in [-0.1, -0.05) is 18.2 Å².